The predicted molar refractivity (Wildman–Crippen MR) is 96.3 cm³/mol. The Morgan fingerprint density at radius 2 is 1.85 bits per heavy atom. The molecular formula is C19H14BrF2N3O2. The molecule has 1 saturated heterocycles. The maximum absolute atomic E-state index is 14.0. The van der Waals surface area contributed by atoms with Gasteiger partial charge in [0.05, 0.1) is 6.54 Å². The highest BCUT2D eigenvalue weighted by atomic mass is 79.9. The molecule has 0 N–H and O–H groups in total. The smallest absolute Gasteiger partial charge is 0.249 e. The molecule has 1 aliphatic rings. The number of hydrogen-bond acceptors (Lipinski definition) is 4. The first-order valence-electron chi connectivity index (χ1n) is 8.35. The zero-order chi connectivity index (χ0) is 19.0. The molecular weight excluding hydrogens is 420 g/mol. The van der Waals surface area contributed by atoms with Crippen LogP contribution in [0.1, 0.15) is 30.3 Å². The average Bonchev–Trinajstić information content (AvgIpc) is 3.26. The molecule has 138 valence electrons. The fraction of sp³-hybridized carbons (Fsp3) is 0.211. The van der Waals surface area contributed by atoms with E-state index in [0.717, 1.165) is 10.0 Å². The number of likely N-dealkylation sites (tertiary alicyclic amines) is 1. The number of nitrogens with zero attached hydrogens (tertiary/aromatic N) is 3. The van der Waals surface area contributed by atoms with E-state index in [2.05, 4.69) is 26.1 Å². The van der Waals surface area contributed by atoms with Gasteiger partial charge in [0.15, 0.2) is 0 Å². The van der Waals surface area contributed by atoms with E-state index >= 15 is 0 Å². The largest absolute Gasteiger partial charge is 0.337 e. The van der Waals surface area contributed by atoms with Crippen molar-refractivity contribution in [3.8, 4) is 11.4 Å². The summed E-state index contributed by atoms with van der Waals surface area (Å²) in [5, 5.41) is 3.97. The minimum absolute atomic E-state index is 0.148. The number of halogens is 3. The Bertz CT molecular complexity index is 971. The summed E-state index contributed by atoms with van der Waals surface area (Å²) >= 11 is 3.37. The summed E-state index contributed by atoms with van der Waals surface area (Å²) < 4.78 is 34.3. The Kier molecular flexibility index (Phi) is 4.73. The Balaban J connectivity index is 1.61. The van der Waals surface area contributed by atoms with Gasteiger partial charge in [-0.15, -0.1) is 0 Å². The number of carbonyl (C=O) groups excluding carboxylic acids is 1. The Labute approximate surface area is 162 Å². The van der Waals surface area contributed by atoms with Crippen LogP contribution in [0.15, 0.2) is 51.5 Å². The van der Waals surface area contributed by atoms with Crippen LogP contribution in [0.25, 0.3) is 11.4 Å². The summed E-state index contributed by atoms with van der Waals surface area (Å²) in [6.07, 6.45) is 0.716. The van der Waals surface area contributed by atoms with E-state index in [-0.39, 0.29) is 30.3 Å². The molecule has 1 aliphatic heterocycles. The van der Waals surface area contributed by atoms with Crippen LogP contribution in [0.2, 0.25) is 0 Å². The van der Waals surface area contributed by atoms with Gasteiger partial charge in [0.2, 0.25) is 17.6 Å². The van der Waals surface area contributed by atoms with Gasteiger partial charge in [-0.2, -0.15) is 4.98 Å². The van der Waals surface area contributed by atoms with E-state index in [1.165, 1.54) is 23.1 Å². The van der Waals surface area contributed by atoms with Crippen LogP contribution in [-0.4, -0.2) is 20.9 Å². The van der Waals surface area contributed by atoms with E-state index in [1.54, 1.807) is 0 Å². The van der Waals surface area contributed by atoms with Crippen LogP contribution in [0.5, 0.6) is 0 Å². The quantitative estimate of drug-likeness (QED) is 0.601. The van der Waals surface area contributed by atoms with Gasteiger partial charge in [-0.3, -0.25) is 4.79 Å². The standard InChI is InChI=1S/C19H14BrF2N3O2/c20-12-6-4-11(5-7-12)18-23-19(27-24-18)16-8-9-17(26)25(16)10-13-14(21)2-1-3-15(13)22/h1-7,16H,8-10H2. The minimum Gasteiger partial charge on any atom is -0.337 e. The maximum Gasteiger partial charge on any atom is 0.249 e. The van der Waals surface area contributed by atoms with Crippen LogP contribution < -0.4 is 0 Å². The van der Waals surface area contributed by atoms with E-state index in [0.29, 0.717) is 12.2 Å². The molecule has 1 fully saturated rings. The third kappa shape index (κ3) is 3.49. The molecule has 8 heteroatoms. The first-order chi connectivity index (χ1) is 13.0. The van der Waals surface area contributed by atoms with Gasteiger partial charge in [0, 0.05) is 22.0 Å². The lowest BCUT2D eigenvalue weighted by atomic mass is 10.1. The van der Waals surface area contributed by atoms with Gasteiger partial charge in [-0.25, -0.2) is 8.78 Å². The van der Waals surface area contributed by atoms with E-state index in [4.69, 9.17) is 4.52 Å². The Hall–Kier alpha value is -2.61. The molecule has 3 aromatic rings. The lowest BCUT2D eigenvalue weighted by molar-refractivity contribution is -0.130. The van der Waals surface area contributed by atoms with Gasteiger partial charge in [-0.1, -0.05) is 27.2 Å². The van der Waals surface area contributed by atoms with Crippen molar-refractivity contribution in [1.29, 1.82) is 0 Å². The van der Waals surface area contributed by atoms with Crippen molar-refractivity contribution < 1.29 is 18.1 Å². The van der Waals surface area contributed by atoms with Crippen molar-refractivity contribution in [2.75, 3.05) is 0 Å². The third-order valence-corrected chi connectivity index (χ3v) is 5.08. The van der Waals surface area contributed by atoms with E-state index < -0.39 is 17.7 Å². The second-order valence-corrected chi connectivity index (χ2v) is 7.16. The SMILES string of the molecule is O=C1CCC(c2nc(-c3ccc(Br)cc3)no2)N1Cc1c(F)cccc1F. The summed E-state index contributed by atoms with van der Waals surface area (Å²) in [6, 6.07) is 10.5. The van der Waals surface area contributed by atoms with Crippen LogP contribution >= 0.6 is 15.9 Å². The maximum atomic E-state index is 14.0. The van der Waals surface area contributed by atoms with Gasteiger partial charge < -0.3 is 9.42 Å². The van der Waals surface area contributed by atoms with Crippen LogP contribution in [-0.2, 0) is 11.3 Å². The van der Waals surface area contributed by atoms with Crippen molar-refractivity contribution in [1.82, 2.24) is 15.0 Å². The van der Waals surface area contributed by atoms with Gasteiger partial charge in [0.1, 0.15) is 17.7 Å². The highest BCUT2D eigenvalue weighted by Gasteiger charge is 2.36. The molecule has 0 spiro atoms. The molecule has 2 aromatic carbocycles. The van der Waals surface area contributed by atoms with Crippen molar-refractivity contribution >= 4 is 21.8 Å². The van der Waals surface area contributed by atoms with Crippen molar-refractivity contribution in [3.05, 3.63) is 70.0 Å². The average molecular weight is 434 g/mol. The summed E-state index contributed by atoms with van der Waals surface area (Å²) in [5.41, 5.74) is 0.620. The monoisotopic (exact) mass is 433 g/mol. The van der Waals surface area contributed by atoms with Crippen LogP contribution in [0, 0.1) is 11.6 Å². The number of hydrogen-bond donors (Lipinski definition) is 0. The summed E-state index contributed by atoms with van der Waals surface area (Å²) in [6.45, 7) is -0.183. The molecule has 1 amide bonds. The second-order valence-electron chi connectivity index (χ2n) is 6.24. The van der Waals surface area contributed by atoms with Crippen molar-refractivity contribution in [2.45, 2.75) is 25.4 Å². The van der Waals surface area contributed by atoms with E-state index in [9.17, 15) is 13.6 Å². The molecule has 4 rings (SSSR count). The zero-order valence-electron chi connectivity index (χ0n) is 14.0. The molecule has 2 heterocycles. The molecule has 1 atom stereocenters. The molecule has 27 heavy (non-hydrogen) atoms. The summed E-state index contributed by atoms with van der Waals surface area (Å²) in [4.78, 5) is 18.1. The molecule has 0 aliphatic carbocycles. The fourth-order valence-corrected chi connectivity index (χ4v) is 3.39. The number of carbonyl (C=O) groups is 1. The van der Waals surface area contributed by atoms with Crippen molar-refractivity contribution in [3.63, 3.8) is 0 Å². The molecule has 0 saturated carbocycles. The minimum atomic E-state index is -0.686. The van der Waals surface area contributed by atoms with Crippen LogP contribution in [0.4, 0.5) is 8.78 Å². The first kappa shape index (κ1) is 17.8. The van der Waals surface area contributed by atoms with Crippen LogP contribution in [0.3, 0.4) is 0 Å². The normalized spacial score (nSPS) is 16.9. The molecule has 1 unspecified atom stereocenters. The highest BCUT2D eigenvalue weighted by Crippen LogP contribution is 2.35. The van der Waals surface area contributed by atoms with Gasteiger partial charge in [0.25, 0.3) is 0 Å². The Morgan fingerprint density at radius 1 is 1.15 bits per heavy atom. The lowest BCUT2D eigenvalue weighted by Gasteiger charge is -2.22. The second kappa shape index (κ2) is 7.19. The van der Waals surface area contributed by atoms with Gasteiger partial charge >= 0.3 is 0 Å². The number of aromatic nitrogens is 2. The first-order valence-corrected chi connectivity index (χ1v) is 9.14. The zero-order valence-corrected chi connectivity index (χ0v) is 15.6. The fourth-order valence-electron chi connectivity index (χ4n) is 3.13. The Morgan fingerprint density at radius 3 is 2.56 bits per heavy atom. The molecule has 5 nitrogen and oxygen atoms in total. The topological polar surface area (TPSA) is 59.2 Å². The summed E-state index contributed by atoms with van der Waals surface area (Å²) in [7, 11) is 0. The predicted octanol–water partition coefficient (Wildman–Crippen LogP) is 4.64. The third-order valence-electron chi connectivity index (χ3n) is 4.55. The molecule has 1 aromatic heterocycles. The summed E-state index contributed by atoms with van der Waals surface area (Å²) in [5.74, 6) is -0.917. The molecule has 0 bridgehead atoms. The highest BCUT2D eigenvalue weighted by molar-refractivity contribution is 9.10. The lowest BCUT2D eigenvalue weighted by Crippen LogP contribution is -2.28. The van der Waals surface area contributed by atoms with E-state index in [1.807, 2.05) is 24.3 Å². The van der Waals surface area contributed by atoms with Crippen molar-refractivity contribution in [2.24, 2.45) is 0 Å². The number of rotatable bonds is 4. The number of benzene rings is 2. The molecule has 0 radical (unpaired) electrons. The number of amides is 1. The van der Waals surface area contributed by atoms with Gasteiger partial charge in [-0.05, 0) is 42.8 Å².